The lowest BCUT2D eigenvalue weighted by atomic mass is 10.3. The van der Waals surface area contributed by atoms with E-state index in [0.29, 0.717) is 22.0 Å². The summed E-state index contributed by atoms with van der Waals surface area (Å²) < 4.78 is 13.1. The first-order chi connectivity index (χ1) is 9.60. The van der Waals surface area contributed by atoms with Crippen molar-refractivity contribution in [2.24, 2.45) is 5.84 Å². The zero-order valence-electron chi connectivity index (χ0n) is 10.5. The van der Waals surface area contributed by atoms with Gasteiger partial charge in [0.25, 0.3) is 5.91 Å². The first-order valence-electron chi connectivity index (χ1n) is 5.75. The van der Waals surface area contributed by atoms with E-state index in [-0.39, 0.29) is 11.5 Å². The fourth-order valence-corrected chi connectivity index (χ4v) is 2.44. The molecule has 0 unspecified atom stereocenters. The van der Waals surface area contributed by atoms with Crippen LogP contribution in [0.1, 0.15) is 16.2 Å². The number of nitrogens with zero attached hydrogens (tertiary/aromatic N) is 1. The second kappa shape index (κ2) is 6.36. The van der Waals surface area contributed by atoms with Gasteiger partial charge in [-0.25, -0.2) is 15.2 Å². The number of aromatic nitrogens is 1. The van der Waals surface area contributed by atoms with Crippen LogP contribution in [0.2, 0.25) is 0 Å². The molecule has 20 heavy (non-hydrogen) atoms. The van der Waals surface area contributed by atoms with E-state index in [9.17, 15) is 9.18 Å². The third-order valence-electron chi connectivity index (χ3n) is 2.52. The molecule has 0 aliphatic rings. The molecule has 5 nitrogen and oxygen atoms in total. The molecule has 104 valence electrons. The Balaban J connectivity index is 2.11. The molecule has 5 N–H and O–H groups in total. The highest BCUT2D eigenvalue weighted by Gasteiger charge is 2.07. The number of carbonyl (C=O) groups excluding carboxylic acids is 1. The van der Waals surface area contributed by atoms with Crippen molar-refractivity contribution in [2.75, 3.05) is 5.73 Å². The Morgan fingerprint density at radius 2 is 2.15 bits per heavy atom. The summed E-state index contributed by atoms with van der Waals surface area (Å²) in [7, 11) is 0. The van der Waals surface area contributed by atoms with Crippen molar-refractivity contribution in [3.05, 3.63) is 53.6 Å². The van der Waals surface area contributed by atoms with Crippen molar-refractivity contribution >= 4 is 23.4 Å². The predicted molar refractivity (Wildman–Crippen MR) is 76.3 cm³/mol. The maximum Gasteiger partial charge on any atom is 0.283 e. The lowest BCUT2D eigenvalue weighted by Crippen LogP contribution is -2.30. The van der Waals surface area contributed by atoms with Crippen LogP contribution in [0.25, 0.3) is 0 Å². The summed E-state index contributed by atoms with van der Waals surface area (Å²) in [6, 6.07) is 9.24. The Kier molecular flexibility index (Phi) is 4.54. The number of carbonyl (C=O) groups is 1. The van der Waals surface area contributed by atoms with Crippen LogP contribution >= 0.6 is 11.8 Å². The monoisotopic (exact) mass is 292 g/mol. The zero-order chi connectivity index (χ0) is 14.5. The van der Waals surface area contributed by atoms with Gasteiger partial charge in [0, 0.05) is 16.3 Å². The SMILES string of the molecule is NNC(=O)c1cccc(CSc2cc(F)ccc2N)n1. The van der Waals surface area contributed by atoms with Crippen LogP contribution in [-0.4, -0.2) is 10.9 Å². The van der Waals surface area contributed by atoms with Gasteiger partial charge in [0.05, 0.1) is 5.69 Å². The fourth-order valence-electron chi connectivity index (χ4n) is 1.55. The Hall–Kier alpha value is -2.12. The third-order valence-corrected chi connectivity index (χ3v) is 3.63. The van der Waals surface area contributed by atoms with Crippen LogP contribution in [-0.2, 0) is 5.75 Å². The van der Waals surface area contributed by atoms with Crippen LogP contribution in [0, 0.1) is 5.82 Å². The van der Waals surface area contributed by atoms with Crippen LogP contribution in [0.4, 0.5) is 10.1 Å². The lowest BCUT2D eigenvalue weighted by molar-refractivity contribution is 0.0948. The molecule has 0 spiro atoms. The first kappa shape index (κ1) is 14.3. The van der Waals surface area contributed by atoms with Crippen molar-refractivity contribution in [3.63, 3.8) is 0 Å². The van der Waals surface area contributed by atoms with Crippen molar-refractivity contribution in [1.29, 1.82) is 0 Å². The number of benzene rings is 1. The number of amides is 1. The molecule has 1 amide bonds. The van der Waals surface area contributed by atoms with Crippen LogP contribution in [0.15, 0.2) is 41.3 Å². The summed E-state index contributed by atoms with van der Waals surface area (Å²) in [5.74, 6) is 4.73. The predicted octanol–water partition coefficient (Wildman–Crippen LogP) is 1.70. The number of nitrogens with two attached hydrogens (primary N) is 2. The summed E-state index contributed by atoms with van der Waals surface area (Å²) in [5.41, 5.74) is 9.21. The average Bonchev–Trinajstić information content (AvgIpc) is 2.47. The topological polar surface area (TPSA) is 94.0 Å². The largest absolute Gasteiger partial charge is 0.398 e. The molecule has 1 aromatic carbocycles. The minimum Gasteiger partial charge on any atom is -0.398 e. The van der Waals surface area contributed by atoms with Gasteiger partial charge in [0.1, 0.15) is 11.5 Å². The average molecular weight is 292 g/mol. The van der Waals surface area contributed by atoms with E-state index in [4.69, 9.17) is 11.6 Å². The molecule has 0 saturated heterocycles. The molecular formula is C13H13FN4OS. The second-order valence-electron chi connectivity index (χ2n) is 3.96. The number of hydrogen-bond acceptors (Lipinski definition) is 5. The number of anilines is 1. The van der Waals surface area contributed by atoms with E-state index in [1.165, 1.54) is 30.0 Å². The molecule has 2 aromatic rings. The van der Waals surface area contributed by atoms with E-state index in [1.54, 1.807) is 18.2 Å². The van der Waals surface area contributed by atoms with Gasteiger partial charge in [-0.05, 0) is 30.3 Å². The Morgan fingerprint density at radius 1 is 1.35 bits per heavy atom. The van der Waals surface area contributed by atoms with E-state index >= 15 is 0 Å². The molecule has 0 aliphatic carbocycles. The van der Waals surface area contributed by atoms with Gasteiger partial charge in [0.15, 0.2) is 0 Å². The summed E-state index contributed by atoms with van der Waals surface area (Å²) in [6.07, 6.45) is 0. The minimum absolute atomic E-state index is 0.234. The lowest BCUT2D eigenvalue weighted by Gasteiger charge is -2.06. The third kappa shape index (κ3) is 3.46. The molecule has 0 saturated carbocycles. The minimum atomic E-state index is -0.456. The van der Waals surface area contributed by atoms with E-state index < -0.39 is 5.91 Å². The fraction of sp³-hybridized carbons (Fsp3) is 0.0769. The molecular weight excluding hydrogens is 279 g/mol. The summed E-state index contributed by atoms with van der Waals surface area (Å²) >= 11 is 1.35. The Bertz CT molecular complexity index is 636. The number of rotatable bonds is 4. The molecule has 1 heterocycles. The highest BCUT2D eigenvalue weighted by molar-refractivity contribution is 7.98. The molecule has 0 fully saturated rings. The highest BCUT2D eigenvalue weighted by atomic mass is 32.2. The maximum absolute atomic E-state index is 13.1. The van der Waals surface area contributed by atoms with Crippen LogP contribution < -0.4 is 17.0 Å². The van der Waals surface area contributed by atoms with Crippen LogP contribution in [0.3, 0.4) is 0 Å². The smallest absolute Gasteiger partial charge is 0.283 e. The number of nitrogen functional groups attached to an aromatic ring is 2. The van der Waals surface area contributed by atoms with Gasteiger partial charge in [-0.3, -0.25) is 10.2 Å². The van der Waals surface area contributed by atoms with Gasteiger partial charge in [0.2, 0.25) is 0 Å². The molecule has 0 bridgehead atoms. The molecule has 1 aromatic heterocycles. The molecule has 0 radical (unpaired) electrons. The van der Waals surface area contributed by atoms with Crippen LogP contribution in [0.5, 0.6) is 0 Å². The van der Waals surface area contributed by atoms with Crippen molar-refractivity contribution in [1.82, 2.24) is 10.4 Å². The van der Waals surface area contributed by atoms with E-state index in [0.717, 1.165) is 0 Å². The Labute approximate surface area is 119 Å². The second-order valence-corrected chi connectivity index (χ2v) is 4.98. The van der Waals surface area contributed by atoms with Gasteiger partial charge in [-0.2, -0.15) is 0 Å². The number of thioether (sulfide) groups is 1. The molecule has 0 atom stereocenters. The molecule has 7 heteroatoms. The van der Waals surface area contributed by atoms with Crippen molar-refractivity contribution < 1.29 is 9.18 Å². The summed E-state index contributed by atoms with van der Waals surface area (Å²) in [4.78, 5) is 16.2. The quantitative estimate of drug-likeness (QED) is 0.262. The normalized spacial score (nSPS) is 10.3. The van der Waals surface area contributed by atoms with Gasteiger partial charge >= 0.3 is 0 Å². The van der Waals surface area contributed by atoms with Gasteiger partial charge < -0.3 is 5.73 Å². The Morgan fingerprint density at radius 3 is 2.90 bits per heavy atom. The van der Waals surface area contributed by atoms with E-state index in [2.05, 4.69) is 4.98 Å². The number of hydrogen-bond donors (Lipinski definition) is 3. The van der Waals surface area contributed by atoms with Gasteiger partial charge in [-0.15, -0.1) is 11.8 Å². The highest BCUT2D eigenvalue weighted by Crippen LogP contribution is 2.28. The summed E-state index contributed by atoms with van der Waals surface area (Å²) in [5, 5.41) is 0. The van der Waals surface area contributed by atoms with E-state index in [1.807, 2.05) is 5.43 Å². The molecule has 0 aliphatic heterocycles. The number of hydrazine groups is 1. The zero-order valence-corrected chi connectivity index (χ0v) is 11.3. The molecule has 2 rings (SSSR count). The first-order valence-corrected chi connectivity index (χ1v) is 6.73. The number of halogens is 1. The van der Waals surface area contributed by atoms with Gasteiger partial charge in [-0.1, -0.05) is 6.07 Å². The summed E-state index contributed by atoms with van der Waals surface area (Å²) in [6.45, 7) is 0. The number of nitrogens with one attached hydrogen (secondary N) is 1. The van der Waals surface area contributed by atoms with Crippen molar-refractivity contribution in [3.8, 4) is 0 Å². The number of pyridine rings is 1. The maximum atomic E-state index is 13.1. The standard InChI is InChI=1S/C13H13FN4OS/c14-8-4-5-10(15)12(6-8)20-7-9-2-1-3-11(17-9)13(19)18-16/h1-6H,7,15-16H2,(H,18,19). The van der Waals surface area contributed by atoms with Crippen molar-refractivity contribution in [2.45, 2.75) is 10.6 Å².